The van der Waals surface area contributed by atoms with Gasteiger partial charge in [-0.05, 0) is 30.7 Å². The molecule has 0 amide bonds. The molecule has 0 aliphatic rings. The summed E-state index contributed by atoms with van der Waals surface area (Å²) in [5, 5.41) is 14.1. The number of aryl methyl sites for hydroxylation is 1. The topological polar surface area (TPSA) is 37.2 Å². The highest BCUT2D eigenvalue weighted by atomic mass is 16.3. The maximum absolute atomic E-state index is 9.58. The number of nitrogens with zero attached hydrogens (tertiary/aromatic N) is 1. The third kappa shape index (κ3) is 2.44. The lowest BCUT2D eigenvalue weighted by atomic mass is 10.1. The molecular weight excluding hydrogens is 212 g/mol. The number of phenols is 1. The van der Waals surface area contributed by atoms with Gasteiger partial charge in [-0.2, -0.15) is 0 Å². The molecule has 2 aromatic rings. The van der Waals surface area contributed by atoms with Crippen LogP contribution in [0.4, 0.5) is 0 Å². The molecule has 3 heteroatoms. The second-order valence-corrected chi connectivity index (χ2v) is 4.68. The molecule has 0 saturated heterocycles. The summed E-state index contributed by atoms with van der Waals surface area (Å²) in [4.78, 5) is 0. The lowest BCUT2D eigenvalue weighted by Crippen LogP contribution is -2.21. The molecule has 0 saturated carbocycles. The number of phenolic OH excluding ortho intramolecular Hbond substituents is 1. The Kier molecular flexibility index (Phi) is 3.38. The fourth-order valence-electron chi connectivity index (χ4n) is 2.08. The van der Waals surface area contributed by atoms with E-state index in [1.54, 1.807) is 6.07 Å². The number of aromatic hydroxyl groups is 1. The Hall–Kier alpha value is -1.48. The van der Waals surface area contributed by atoms with E-state index in [-0.39, 0.29) is 0 Å². The van der Waals surface area contributed by atoms with Gasteiger partial charge < -0.3 is 15.0 Å². The predicted molar refractivity (Wildman–Crippen MR) is 71.3 cm³/mol. The lowest BCUT2D eigenvalue weighted by molar-refractivity contribution is 0.476. The summed E-state index contributed by atoms with van der Waals surface area (Å²) in [5.74, 6) is 0.331. The van der Waals surface area contributed by atoms with Crippen LogP contribution >= 0.6 is 0 Å². The highest BCUT2D eigenvalue weighted by Crippen LogP contribution is 2.25. The van der Waals surface area contributed by atoms with E-state index < -0.39 is 0 Å². The number of nitrogens with one attached hydrogen (secondary N) is 1. The van der Waals surface area contributed by atoms with Gasteiger partial charge in [0.15, 0.2) is 0 Å². The average Bonchev–Trinajstić information content (AvgIpc) is 2.63. The van der Waals surface area contributed by atoms with Crippen LogP contribution in [0.1, 0.15) is 26.3 Å². The van der Waals surface area contributed by atoms with E-state index in [1.165, 1.54) is 11.1 Å². The van der Waals surface area contributed by atoms with Crippen molar-refractivity contribution in [3.63, 3.8) is 0 Å². The summed E-state index contributed by atoms with van der Waals surface area (Å²) in [6, 6.07) is 6.03. The van der Waals surface area contributed by atoms with Gasteiger partial charge in [0, 0.05) is 36.2 Å². The van der Waals surface area contributed by atoms with Crippen LogP contribution in [0.25, 0.3) is 10.9 Å². The molecule has 0 fully saturated rings. The van der Waals surface area contributed by atoms with E-state index in [0.29, 0.717) is 11.8 Å². The molecule has 0 aliphatic carbocycles. The second kappa shape index (κ2) is 4.80. The summed E-state index contributed by atoms with van der Waals surface area (Å²) in [6.07, 6.45) is 2.17. The van der Waals surface area contributed by atoms with Gasteiger partial charge in [0.25, 0.3) is 0 Å². The standard InChI is InChI=1S/C14H20N2O/c1-4-16-9-11(8-15-10(2)3)13-7-12(17)5-6-14(13)16/h5-7,9-10,15,17H,4,8H2,1-3H3. The van der Waals surface area contributed by atoms with Crippen LogP contribution in [0.15, 0.2) is 24.4 Å². The SMILES string of the molecule is CCn1cc(CNC(C)C)c2cc(O)ccc21. The molecule has 0 unspecified atom stereocenters. The van der Waals surface area contributed by atoms with Gasteiger partial charge in [-0.15, -0.1) is 0 Å². The van der Waals surface area contributed by atoms with Crippen LogP contribution in [0.3, 0.4) is 0 Å². The summed E-state index contributed by atoms with van der Waals surface area (Å²) in [6.45, 7) is 8.19. The van der Waals surface area contributed by atoms with Gasteiger partial charge in [0.2, 0.25) is 0 Å². The number of aromatic nitrogens is 1. The molecule has 0 radical (unpaired) electrons. The zero-order chi connectivity index (χ0) is 12.4. The van der Waals surface area contributed by atoms with Crippen LogP contribution in [0.5, 0.6) is 5.75 Å². The van der Waals surface area contributed by atoms with Gasteiger partial charge in [-0.1, -0.05) is 13.8 Å². The summed E-state index contributed by atoms with van der Waals surface area (Å²) in [7, 11) is 0. The Morgan fingerprint density at radius 2 is 2.12 bits per heavy atom. The maximum atomic E-state index is 9.58. The Bertz CT molecular complexity index is 514. The fourth-order valence-corrected chi connectivity index (χ4v) is 2.08. The molecular formula is C14H20N2O. The maximum Gasteiger partial charge on any atom is 0.116 e. The molecule has 3 nitrogen and oxygen atoms in total. The van der Waals surface area contributed by atoms with Crippen LogP contribution in [-0.2, 0) is 13.1 Å². The van der Waals surface area contributed by atoms with Gasteiger partial charge in [-0.25, -0.2) is 0 Å². The van der Waals surface area contributed by atoms with E-state index >= 15 is 0 Å². The third-order valence-electron chi connectivity index (χ3n) is 2.99. The van der Waals surface area contributed by atoms with Crippen LogP contribution in [0, 0.1) is 0 Å². The first kappa shape index (κ1) is 12.0. The van der Waals surface area contributed by atoms with Crippen molar-refractivity contribution in [3.05, 3.63) is 30.0 Å². The monoisotopic (exact) mass is 232 g/mol. The van der Waals surface area contributed by atoms with Gasteiger partial charge in [-0.3, -0.25) is 0 Å². The molecule has 1 aromatic heterocycles. The molecule has 2 N–H and O–H groups in total. The molecule has 2 rings (SSSR count). The van der Waals surface area contributed by atoms with Crippen molar-refractivity contribution in [2.75, 3.05) is 0 Å². The highest BCUT2D eigenvalue weighted by molar-refractivity contribution is 5.85. The minimum atomic E-state index is 0.331. The van der Waals surface area contributed by atoms with Gasteiger partial charge >= 0.3 is 0 Å². The number of fused-ring (bicyclic) bond motifs is 1. The predicted octanol–water partition coefficient (Wildman–Crippen LogP) is 2.86. The van der Waals surface area contributed by atoms with E-state index in [4.69, 9.17) is 0 Å². The van der Waals surface area contributed by atoms with Crippen molar-refractivity contribution in [2.45, 2.75) is 39.9 Å². The zero-order valence-electron chi connectivity index (χ0n) is 10.7. The normalized spacial score (nSPS) is 11.5. The largest absolute Gasteiger partial charge is 0.508 e. The molecule has 0 spiro atoms. The zero-order valence-corrected chi connectivity index (χ0v) is 10.7. The van der Waals surface area contributed by atoms with Crippen molar-refractivity contribution in [1.29, 1.82) is 0 Å². The number of benzene rings is 1. The van der Waals surface area contributed by atoms with Gasteiger partial charge in [0.05, 0.1) is 0 Å². The van der Waals surface area contributed by atoms with Crippen LogP contribution in [-0.4, -0.2) is 15.7 Å². The van der Waals surface area contributed by atoms with Crippen molar-refractivity contribution in [3.8, 4) is 5.75 Å². The Morgan fingerprint density at radius 1 is 1.35 bits per heavy atom. The van der Waals surface area contributed by atoms with Crippen molar-refractivity contribution >= 4 is 10.9 Å². The Balaban J connectivity index is 2.43. The fraction of sp³-hybridized carbons (Fsp3) is 0.429. The van der Waals surface area contributed by atoms with Crippen molar-refractivity contribution in [1.82, 2.24) is 9.88 Å². The average molecular weight is 232 g/mol. The Labute approximate surface area is 102 Å². The lowest BCUT2D eigenvalue weighted by Gasteiger charge is -2.06. The molecule has 0 aliphatic heterocycles. The second-order valence-electron chi connectivity index (χ2n) is 4.68. The number of hydrogen-bond acceptors (Lipinski definition) is 2. The molecule has 1 aromatic carbocycles. The van der Waals surface area contributed by atoms with Crippen LogP contribution in [0.2, 0.25) is 0 Å². The van der Waals surface area contributed by atoms with Gasteiger partial charge in [0.1, 0.15) is 5.75 Å². The summed E-state index contributed by atoms with van der Waals surface area (Å²) in [5.41, 5.74) is 2.43. The number of hydrogen-bond donors (Lipinski definition) is 2. The van der Waals surface area contributed by atoms with E-state index in [1.807, 2.05) is 12.1 Å². The van der Waals surface area contributed by atoms with Crippen molar-refractivity contribution < 1.29 is 5.11 Å². The highest BCUT2D eigenvalue weighted by Gasteiger charge is 2.08. The summed E-state index contributed by atoms with van der Waals surface area (Å²) < 4.78 is 2.21. The van der Waals surface area contributed by atoms with E-state index in [0.717, 1.165) is 18.5 Å². The van der Waals surface area contributed by atoms with Crippen molar-refractivity contribution in [2.24, 2.45) is 0 Å². The number of rotatable bonds is 4. The third-order valence-corrected chi connectivity index (χ3v) is 2.99. The summed E-state index contributed by atoms with van der Waals surface area (Å²) >= 11 is 0. The molecule has 0 atom stereocenters. The molecule has 92 valence electrons. The minimum Gasteiger partial charge on any atom is -0.508 e. The quantitative estimate of drug-likeness (QED) is 0.850. The molecule has 1 heterocycles. The first-order chi connectivity index (χ1) is 8.11. The first-order valence-corrected chi connectivity index (χ1v) is 6.16. The minimum absolute atomic E-state index is 0.331. The van der Waals surface area contributed by atoms with E-state index in [2.05, 4.69) is 36.9 Å². The first-order valence-electron chi connectivity index (χ1n) is 6.16. The Morgan fingerprint density at radius 3 is 2.76 bits per heavy atom. The van der Waals surface area contributed by atoms with E-state index in [9.17, 15) is 5.11 Å². The molecule has 0 bridgehead atoms. The van der Waals surface area contributed by atoms with Crippen LogP contribution < -0.4 is 5.32 Å². The smallest absolute Gasteiger partial charge is 0.116 e. The molecule has 17 heavy (non-hydrogen) atoms.